The van der Waals surface area contributed by atoms with Gasteiger partial charge in [-0.1, -0.05) is 22.0 Å². The topological polar surface area (TPSA) is 38.0 Å². The van der Waals surface area contributed by atoms with Crippen LogP contribution in [0, 0.1) is 6.92 Å². The third kappa shape index (κ3) is 3.78. The van der Waals surface area contributed by atoms with Crippen LogP contribution >= 0.6 is 15.9 Å². The van der Waals surface area contributed by atoms with Gasteiger partial charge in [-0.25, -0.2) is 0 Å². The lowest BCUT2D eigenvalue weighted by Crippen LogP contribution is -2.24. The van der Waals surface area contributed by atoms with Crippen molar-refractivity contribution in [3.8, 4) is 0 Å². The summed E-state index contributed by atoms with van der Waals surface area (Å²) in [5, 5.41) is 3.29. The largest absolute Gasteiger partial charge is 0.329 e. The predicted molar refractivity (Wildman–Crippen MR) is 64.5 cm³/mol. The average Bonchev–Trinajstić information content (AvgIpc) is 2.18. The van der Waals surface area contributed by atoms with E-state index in [1.165, 1.54) is 11.1 Å². The van der Waals surface area contributed by atoms with Gasteiger partial charge in [0.2, 0.25) is 0 Å². The number of halogens is 1. The van der Waals surface area contributed by atoms with Gasteiger partial charge in [0.15, 0.2) is 0 Å². The summed E-state index contributed by atoms with van der Waals surface area (Å²) in [6, 6.07) is 6.40. The second-order valence-electron chi connectivity index (χ2n) is 3.36. The lowest BCUT2D eigenvalue weighted by Gasteiger charge is -2.07. The first-order valence-corrected chi connectivity index (χ1v) is 5.69. The van der Waals surface area contributed by atoms with E-state index in [1.807, 2.05) is 0 Å². The molecule has 0 saturated heterocycles. The van der Waals surface area contributed by atoms with Gasteiger partial charge in [-0.2, -0.15) is 0 Å². The Hall–Kier alpha value is -0.380. The van der Waals surface area contributed by atoms with E-state index in [2.05, 4.69) is 46.4 Å². The van der Waals surface area contributed by atoms with Crippen molar-refractivity contribution in [2.75, 3.05) is 19.6 Å². The van der Waals surface area contributed by atoms with Gasteiger partial charge in [0.1, 0.15) is 0 Å². The van der Waals surface area contributed by atoms with Crippen LogP contribution in [-0.4, -0.2) is 19.6 Å². The van der Waals surface area contributed by atoms with Crippen molar-refractivity contribution < 1.29 is 0 Å². The third-order valence-electron chi connectivity index (χ3n) is 2.20. The zero-order chi connectivity index (χ0) is 10.4. The van der Waals surface area contributed by atoms with E-state index in [1.54, 1.807) is 0 Å². The van der Waals surface area contributed by atoms with E-state index < -0.39 is 0 Å². The molecule has 1 aromatic rings. The zero-order valence-electron chi connectivity index (χ0n) is 8.52. The molecule has 0 fully saturated rings. The van der Waals surface area contributed by atoms with Gasteiger partial charge in [0, 0.05) is 17.6 Å². The summed E-state index contributed by atoms with van der Waals surface area (Å²) in [5.74, 6) is 0. The molecule has 1 rings (SSSR count). The van der Waals surface area contributed by atoms with Crippen LogP contribution in [-0.2, 0) is 6.42 Å². The highest BCUT2D eigenvalue weighted by atomic mass is 79.9. The Kier molecular flexibility index (Phi) is 5.15. The number of rotatable bonds is 5. The molecule has 0 heterocycles. The molecule has 0 amide bonds. The number of benzene rings is 1. The Morgan fingerprint density at radius 2 is 2.14 bits per heavy atom. The summed E-state index contributed by atoms with van der Waals surface area (Å²) < 4.78 is 1.15. The zero-order valence-corrected chi connectivity index (χ0v) is 10.1. The van der Waals surface area contributed by atoms with Gasteiger partial charge in [-0.15, -0.1) is 0 Å². The van der Waals surface area contributed by atoms with Crippen LogP contribution < -0.4 is 11.1 Å². The molecule has 0 aliphatic rings. The van der Waals surface area contributed by atoms with Crippen LogP contribution in [0.15, 0.2) is 22.7 Å². The van der Waals surface area contributed by atoms with Crippen molar-refractivity contribution in [3.05, 3.63) is 33.8 Å². The molecule has 1 aromatic carbocycles. The van der Waals surface area contributed by atoms with E-state index >= 15 is 0 Å². The number of nitrogens with two attached hydrogens (primary N) is 1. The van der Waals surface area contributed by atoms with Gasteiger partial charge in [-0.05, 0) is 43.1 Å². The fourth-order valence-electron chi connectivity index (χ4n) is 1.36. The fourth-order valence-corrected chi connectivity index (χ4v) is 1.77. The smallest absolute Gasteiger partial charge is 0.0178 e. The average molecular weight is 257 g/mol. The standard InChI is InChI=1S/C11H17BrN2/c1-9-2-3-11(12)8-10(9)4-6-14-7-5-13/h2-3,8,14H,4-7,13H2,1H3. The van der Waals surface area contributed by atoms with Gasteiger partial charge >= 0.3 is 0 Å². The van der Waals surface area contributed by atoms with Crippen LogP contribution in [0.5, 0.6) is 0 Å². The van der Waals surface area contributed by atoms with Crippen molar-refractivity contribution in [2.45, 2.75) is 13.3 Å². The lowest BCUT2D eigenvalue weighted by molar-refractivity contribution is 0.687. The highest BCUT2D eigenvalue weighted by Gasteiger charge is 1.98. The first kappa shape index (κ1) is 11.7. The molecule has 14 heavy (non-hydrogen) atoms. The number of hydrogen-bond acceptors (Lipinski definition) is 2. The quantitative estimate of drug-likeness (QED) is 0.790. The minimum atomic E-state index is 0.706. The Balaban J connectivity index is 2.45. The molecular weight excluding hydrogens is 240 g/mol. The molecule has 2 nitrogen and oxygen atoms in total. The number of hydrogen-bond donors (Lipinski definition) is 2. The van der Waals surface area contributed by atoms with Crippen molar-refractivity contribution in [2.24, 2.45) is 5.73 Å². The third-order valence-corrected chi connectivity index (χ3v) is 2.70. The second kappa shape index (κ2) is 6.17. The summed E-state index contributed by atoms with van der Waals surface area (Å²) in [6.45, 7) is 4.74. The van der Waals surface area contributed by atoms with E-state index in [-0.39, 0.29) is 0 Å². The minimum absolute atomic E-state index is 0.706. The normalized spacial score (nSPS) is 10.5. The lowest BCUT2D eigenvalue weighted by atomic mass is 10.1. The Morgan fingerprint density at radius 1 is 1.36 bits per heavy atom. The molecule has 78 valence electrons. The predicted octanol–water partition coefficient (Wildman–Crippen LogP) is 1.85. The summed E-state index contributed by atoms with van der Waals surface area (Å²) >= 11 is 3.48. The Bertz CT molecular complexity index is 287. The van der Waals surface area contributed by atoms with Crippen molar-refractivity contribution >= 4 is 15.9 Å². The van der Waals surface area contributed by atoms with Crippen LogP contribution in [0.1, 0.15) is 11.1 Å². The van der Waals surface area contributed by atoms with Crippen LogP contribution in [0.4, 0.5) is 0 Å². The van der Waals surface area contributed by atoms with Crippen molar-refractivity contribution in [3.63, 3.8) is 0 Å². The van der Waals surface area contributed by atoms with E-state index in [0.717, 1.165) is 24.0 Å². The van der Waals surface area contributed by atoms with Gasteiger partial charge in [0.05, 0.1) is 0 Å². The van der Waals surface area contributed by atoms with Crippen LogP contribution in [0.25, 0.3) is 0 Å². The molecule has 3 heteroatoms. The first-order chi connectivity index (χ1) is 6.74. The maximum Gasteiger partial charge on any atom is 0.0178 e. The molecule has 0 unspecified atom stereocenters. The number of nitrogens with one attached hydrogen (secondary N) is 1. The fraction of sp³-hybridized carbons (Fsp3) is 0.455. The summed E-state index contributed by atoms with van der Waals surface area (Å²) in [6.07, 6.45) is 1.06. The summed E-state index contributed by atoms with van der Waals surface area (Å²) in [7, 11) is 0. The van der Waals surface area contributed by atoms with E-state index in [9.17, 15) is 0 Å². The maximum absolute atomic E-state index is 5.39. The Labute approximate surface area is 94.0 Å². The number of aryl methyl sites for hydroxylation is 1. The van der Waals surface area contributed by atoms with Crippen LogP contribution in [0.2, 0.25) is 0 Å². The van der Waals surface area contributed by atoms with Gasteiger partial charge in [-0.3, -0.25) is 0 Å². The minimum Gasteiger partial charge on any atom is -0.329 e. The van der Waals surface area contributed by atoms with E-state index in [0.29, 0.717) is 6.54 Å². The molecule has 0 radical (unpaired) electrons. The molecule has 0 saturated carbocycles. The maximum atomic E-state index is 5.39. The van der Waals surface area contributed by atoms with Gasteiger partial charge in [0.25, 0.3) is 0 Å². The van der Waals surface area contributed by atoms with Gasteiger partial charge < -0.3 is 11.1 Å². The summed E-state index contributed by atoms with van der Waals surface area (Å²) in [5.41, 5.74) is 8.13. The highest BCUT2D eigenvalue weighted by molar-refractivity contribution is 9.10. The molecule has 0 atom stereocenters. The van der Waals surface area contributed by atoms with Crippen molar-refractivity contribution in [1.29, 1.82) is 0 Å². The summed E-state index contributed by atoms with van der Waals surface area (Å²) in [4.78, 5) is 0. The SMILES string of the molecule is Cc1ccc(Br)cc1CCNCCN. The highest BCUT2D eigenvalue weighted by Crippen LogP contribution is 2.16. The molecule has 3 N–H and O–H groups in total. The molecule has 0 aromatic heterocycles. The Morgan fingerprint density at radius 3 is 2.86 bits per heavy atom. The monoisotopic (exact) mass is 256 g/mol. The molecule has 0 bridgehead atoms. The first-order valence-electron chi connectivity index (χ1n) is 4.90. The van der Waals surface area contributed by atoms with Crippen LogP contribution in [0.3, 0.4) is 0 Å². The van der Waals surface area contributed by atoms with E-state index in [4.69, 9.17) is 5.73 Å². The van der Waals surface area contributed by atoms with Crippen molar-refractivity contribution in [1.82, 2.24) is 5.32 Å². The molecule has 0 spiro atoms. The molecular formula is C11H17BrN2. The second-order valence-corrected chi connectivity index (χ2v) is 4.28. The molecule has 0 aliphatic carbocycles. The molecule has 0 aliphatic heterocycles.